The summed E-state index contributed by atoms with van der Waals surface area (Å²) >= 11 is 0. The van der Waals surface area contributed by atoms with E-state index in [2.05, 4.69) is 27.2 Å². The third-order valence-electron chi connectivity index (χ3n) is 5.85. The summed E-state index contributed by atoms with van der Waals surface area (Å²) in [6.45, 7) is 3.61. The molecule has 4 rings (SSSR count). The van der Waals surface area contributed by atoms with E-state index in [1.165, 1.54) is 25.5 Å². The lowest BCUT2D eigenvalue weighted by Gasteiger charge is -2.10. The smallest absolute Gasteiger partial charge is 0.315 e. The van der Waals surface area contributed by atoms with Gasteiger partial charge in [-0.15, -0.1) is 0 Å². The monoisotopic (exact) mass is 561 g/mol. The maximum Gasteiger partial charge on any atom is 0.315 e. The zero-order valence-electron chi connectivity index (χ0n) is 22.5. The van der Waals surface area contributed by atoms with Gasteiger partial charge >= 0.3 is 11.6 Å². The van der Waals surface area contributed by atoms with E-state index in [0.717, 1.165) is 23.1 Å². The summed E-state index contributed by atoms with van der Waals surface area (Å²) in [5.41, 5.74) is 10.4. The largest absolute Gasteiger partial charge is 0.493 e. The molecule has 212 valence electrons. The Morgan fingerprint density at radius 3 is 2.41 bits per heavy atom. The van der Waals surface area contributed by atoms with Crippen LogP contribution in [0.5, 0.6) is 17.2 Å². The molecule has 2 heterocycles. The number of hydrogen-bond acceptors (Lipinski definition) is 9. The van der Waals surface area contributed by atoms with Crippen molar-refractivity contribution >= 4 is 23.7 Å². The molecule has 0 radical (unpaired) electrons. The molecule has 0 fully saturated rings. The van der Waals surface area contributed by atoms with Crippen LogP contribution >= 0.6 is 0 Å². The van der Waals surface area contributed by atoms with E-state index in [9.17, 15) is 19.7 Å². The predicted octanol–water partition coefficient (Wildman–Crippen LogP) is 3.81. The molecular formula is C28H27N5O8. The van der Waals surface area contributed by atoms with Crippen molar-refractivity contribution in [3.63, 3.8) is 0 Å². The van der Waals surface area contributed by atoms with Crippen LogP contribution in [0.25, 0.3) is 5.69 Å². The van der Waals surface area contributed by atoms with Gasteiger partial charge in [0, 0.05) is 28.7 Å². The van der Waals surface area contributed by atoms with E-state index < -0.39 is 29.0 Å². The molecule has 0 saturated heterocycles. The van der Waals surface area contributed by atoms with Crippen LogP contribution in [0.4, 0.5) is 5.69 Å². The van der Waals surface area contributed by atoms with E-state index in [1.807, 2.05) is 38.1 Å². The van der Waals surface area contributed by atoms with E-state index >= 15 is 0 Å². The molecule has 0 atom stereocenters. The highest BCUT2D eigenvalue weighted by molar-refractivity contribution is 5.92. The molecule has 0 aliphatic heterocycles. The number of carbonyl (C=O) groups excluding carboxylic acids is 2. The van der Waals surface area contributed by atoms with Gasteiger partial charge in [-0.25, -0.2) is 5.43 Å². The number of nitro benzene ring substituents is 1. The number of benzene rings is 2. The van der Waals surface area contributed by atoms with Crippen LogP contribution in [-0.2, 0) is 11.4 Å². The Morgan fingerprint density at radius 1 is 1.07 bits per heavy atom. The first-order valence-corrected chi connectivity index (χ1v) is 12.2. The highest BCUT2D eigenvalue weighted by atomic mass is 16.6. The molecule has 2 amide bonds. The lowest BCUT2D eigenvalue weighted by atomic mass is 10.2. The van der Waals surface area contributed by atoms with Gasteiger partial charge in [0.15, 0.2) is 18.1 Å². The number of amides is 2. The van der Waals surface area contributed by atoms with E-state index in [1.54, 1.807) is 6.07 Å². The van der Waals surface area contributed by atoms with Crippen molar-refractivity contribution in [3.8, 4) is 22.9 Å². The van der Waals surface area contributed by atoms with E-state index in [4.69, 9.17) is 24.4 Å². The Hall–Kier alpha value is -5.59. The van der Waals surface area contributed by atoms with Crippen molar-refractivity contribution in [2.75, 3.05) is 13.7 Å². The number of primary amides is 1. The third kappa shape index (κ3) is 6.89. The fourth-order valence-corrected chi connectivity index (χ4v) is 3.98. The quantitative estimate of drug-likeness (QED) is 0.149. The zero-order chi connectivity index (χ0) is 29.5. The Morgan fingerprint density at radius 2 is 1.78 bits per heavy atom. The molecule has 13 heteroatoms. The minimum absolute atomic E-state index is 0.00610. The van der Waals surface area contributed by atoms with Crippen LogP contribution < -0.4 is 25.4 Å². The average Bonchev–Trinajstić information content (AvgIpc) is 3.56. The Labute approximate surface area is 234 Å². The molecule has 0 unspecified atom stereocenters. The van der Waals surface area contributed by atoms with Gasteiger partial charge in [-0.1, -0.05) is 0 Å². The zero-order valence-corrected chi connectivity index (χ0v) is 22.5. The number of nitro groups is 1. The number of rotatable bonds is 12. The molecule has 0 aliphatic rings. The predicted molar refractivity (Wildman–Crippen MR) is 148 cm³/mol. The second kappa shape index (κ2) is 12.5. The number of carbonyl (C=O) groups is 2. The van der Waals surface area contributed by atoms with Gasteiger partial charge in [-0.3, -0.25) is 19.7 Å². The van der Waals surface area contributed by atoms with Crippen molar-refractivity contribution in [1.82, 2.24) is 9.99 Å². The maximum absolute atomic E-state index is 12.5. The molecule has 0 aliphatic carbocycles. The highest BCUT2D eigenvalue weighted by Gasteiger charge is 2.23. The molecule has 2 aromatic carbocycles. The van der Waals surface area contributed by atoms with Crippen LogP contribution in [0.1, 0.15) is 33.3 Å². The molecule has 2 aromatic heterocycles. The van der Waals surface area contributed by atoms with Gasteiger partial charge in [0.1, 0.15) is 18.1 Å². The number of furan rings is 1. The molecule has 41 heavy (non-hydrogen) atoms. The number of nitrogens with zero attached hydrogens (tertiary/aromatic N) is 3. The fourth-order valence-electron chi connectivity index (χ4n) is 3.98. The van der Waals surface area contributed by atoms with Crippen LogP contribution in [0, 0.1) is 24.0 Å². The lowest BCUT2D eigenvalue weighted by molar-refractivity contribution is -0.385. The summed E-state index contributed by atoms with van der Waals surface area (Å²) in [5, 5.41) is 15.3. The number of hydrazone groups is 1. The minimum atomic E-state index is -0.810. The fraction of sp³-hybridized carbons (Fsp3) is 0.179. The molecule has 3 N–H and O–H groups in total. The second-order valence-electron chi connectivity index (χ2n) is 8.78. The summed E-state index contributed by atoms with van der Waals surface area (Å²) in [7, 11) is 1.28. The molecule has 4 aromatic rings. The van der Waals surface area contributed by atoms with Crippen LogP contribution in [-0.4, -0.2) is 41.2 Å². The maximum atomic E-state index is 12.5. The minimum Gasteiger partial charge on any atom is -0.493 e. The topological polar surface area (TPSA) is 173 Å². The Kier molecular flexibility index (Phi) is 8.67. The van der Waals surface area contributed by atoms with Gasteiger partial charge in [0.25, 0.3) is 5.91 Å². The van der Waals surface area contributed by atoms with Crippen LogP contribution in [0.3, 0.4) is 0 Å². The second-order valence-corrected chi connectivity index (χ2v) is 8.78. The highest BCUT2D eigenvalue weighted by Crippen LogP contribution is 2.38. The van der Waals surface area contributed by atoms with Crippen molar-refractivity contribution in [1.29, 1.82) is 0 Å². The van der Waals surface area contributed by atoms with E-state index in [-0.39, 0.29) is 29.4 Å². The summed E-state index contributed by atoms with van der Waals surface area (Å²) in [5.74, 6) is -0.676. The lowest BCUT2D eigenvalue weighted by Crippen LogP contribution is -2.20. The average molecular weight is 562 g/mol. The van der Waals surface area contributed by atoms with Crippen LogP contribution in [0.15, 0.2) is 70.2 Å². The summed E-state index contributed by atoms with van der Waals surface area (Å²) in [4.78, 5) is 34.3. The Balaban J connectivity index is 1.36. The van der Waals surface area contributed by atoms with Gasteiger partial charge < -0.3 is 28.9 Å². The number of aryl methyl sites for hydroxylation is 2. The number of nitrogens with two attached hydrogens (primary N) is 1. The summed E-state index contributed by atoms with van der Waals surface area (Å²) in [6.07, 6.45) is 1.18. The number of nitrogens with one attached hydrogen (secondary N) is 1. The van der Waals surface area contributed by atoms with Crippen molar-refractivity contribution in [2.24, 2.45) is 10.8 Å². The number of aromatic nitrogens is 1. The van der Waals surface area contributed by atoms with Crippen molar-refractivity contribution in [3.05, 3.63) is 99.2 Å². The molecule has 13 nitrogen and oxygen atoms in total. The molecule has 0 saturated carbocycles. The van der Waals surface area contributed by atoms with Gasteiger partial charge in [0.2, 0.25) is 5.75 Å². The first-order chi connectivity index (χ1) is 19.7. The first-order valence-electron chi connectivity index (χ1n) is 12.2. The normalized spacial score (nSPS) is 10.9. The summed E-state index contributed by atoms with van der Waals surface area (Å²) < 4.78 is 23.7. The van der Waals surface area contributed by atoms with Crippen LogP contribution in [0.2, 0.25) is 0 Å². The summed E-state index contributed by atoms with van der Waals surface area (Å²) in [6, 6.07) is 17.4. The van der Waals surface area contributed by atoms with Crippen molar-refractivity contribution in [2.45, 2.75) is 20.5 Å². The standard InChI is InChI=1S/C28H27N5O8/c1-17-4-5-18(2)32(17)20-6-8-21(9-7-20)39-15-22-10-11-24(41-22)28(35)31-30-14-19-12-23(33(36)37)27(25(13-19)38-3)40-16-26(29)34/h4-14H,15-16H2,1-3H3,(H2,29,34)(H,31,35)/b30-14+. The molecule has 0 bridgehead atoms. The molecule has 0 spiro atoms. The van der Waals surface area contributed by atoms with Gasteiger partial charge in [-0.2, -0.15) is 5.10 Å². The SMILES string of the molecule is COc1cc(/C=N/NC(=O)c2ccc(COc3ccc(-n4c(C)ccc4C)cc3)o2)cc([N+](=O)[O-])c1OCC(N)=O. The number of hydrogen-bond donors (Lipinski definition) is 2. The van der Waals surface area contributed by atoms with Crippen molar-refractivity contribution < 1.29 is 33.1 Å². The van der Waals surface area contributed by atoms with Gasteiger partial charge in [0.05, 0.1) is 18.2 Å². The number of methoxy groups -OCH3 is 1. The molecular weight excluding hydrogens is 534 g/mol. The van der Waals surface area contributed by atoms with Gasteiger partial charge in [-0.05, 0) is 68.4 Å². The number of ether oxygens (including phenoxy) is 3. The first kappa shape index (κ1) is 28.4. The van der Waals surface area contributed by atoms with E-state index in [0.29, 0.717) is 11.5 Å². The third-order valence-corrected chi connectivity index (χ3v) is 5.85. The Bertz CT molecular complexity index is 1580.